The summed E-state index contributed by atoms with van der Waals surface area (Å²) >= 11 is 1.20. The van der Waals surface area contributed by atoms with E-state index in [9.17, 15) is 13.5 Å². The predicted octanol–water partition coefficient (Wildman–Crippen LogP) is 3.41. The molecule has 0 aliphatic heterocycles. The largest absolute Gasteiger partial charge is 0.504 e. The maximum atomic E-state index is 12.3. The molecule has 0 aliphatic carbocycles. The number of ether oxygens (including phenoxy) is 1. The molecule has 7 nitrogen and oxygen atoms in total. The minimum absolute atomic E-state index is 0.00871. The quantitative estimate of drug-likeness (QED) is 0.629. The third-order valence-electron chi connectivity index (χ3n) is 3.40. The Labute approximate surface area is 154 Å². The van der Waals surface area contributed by atoms with Gasteiger partial charge in [0.05, 0.1) is 17.7 Å². The average molecular weight is 389 g/mol. The van der Waals surface area contributed by atoms with Crippen molar-refractivity contribution >= 4 is 38.4 Å². The Hall–Kier alpha value is -2.91. The van der Waals surface area contributed by atoms with Crippen LogP contribution in [0.1, 0.15) is 5.56 Å². The van der Waals surface area contributed by atoms with Gasteiger partial charge >= 0.3 is 0 Å². The van der Waals surface area contributed by atoms with Crippen molar-refractivity contribution in [3.63, 3.8) is 0 Å². The monoisotopic (exact) mass is 389 g/mol. The molecule has 0 radical (unpaired) electrons. The summed E-state index contributed by atoms with van der Waals surface area (Å²) in [6.07, 6.45) is 3.00. The SMILES string of the molecule is COc1cccc(C=Nc2ccc(S(=O)(=O)Nc3nccs3)cc2)c1O. The number of hydrogen-bond acceptors (Lipinski definition) is 7. The standard InChI is InChI=1S/C17H15N3O4S2/c1-24-15-4-2-3-12(16(15)21)11-19-13-5-7-14(8-6-13)26(22,23)20-17-18-9-10-25-17/h2-11,21H,1H3,(H,18,20). The van der Waals surface area contributed by atoms with Crippen LogP contribution in [0.3, 0.4) is 0 Å². The number of aliphatic imine (C=N–C) groups is 1. The lowest BCUT2D eigenvalue weighted by molar-refractivity contribution is 0.373. The van der Waals surface area contributed by atoms with E-state index in [2.05, 4.69) is 14.7 Å². The molecule has 0 amide bonds. The molecule has 1 aromatic heterocycles. The van der Waals surface area contributed by atoms with E-state index in [1.54, 1.807) is 35.7 Å². The van der Waals surface area contributed by atoms with E-state index in [-0.39, 0.29) is 10.6 Å². The van der Waals surface area contributed by atoms with Gasteiger partial charge in [0.25, 0.3) is 10.0 Å². The van der Waals surface area contributed by atoms with E-state index in [1.165, 1.54) is 43.0 Å². The number of phenols is 1. The Morgan fingerprint density at radius 1 is 1.23 bits per heavy atom. The van der Waals surface area contributed by atoms with Gasteiger partial charge in [-0.25, -0.2) is 13.4 Å². The van der Waals surface area contributed by atoms with Crippen molar-refractivity contribution in [2.24, 2.45) is 4.99 Å². The number of phenolic OH excluding ortho intramolecular Hbond substituents is 1. The average Bonchev–Trinajstić information content (AvgIpc) is 3.13. The minimum Gasteiger partial charge on any atom is -0.504 e. The molecule has 0 fully saturated rings. The summed E-state index contributed by atoms with van der Waals surface area (Å²) in [5.74, 6) is 0.342. The number of para-hydroxylation sites is 1. The zero-order chi connectivity index (χ0) is 18.6. The van der Waals surface area contributed by atoms with Crippen LogP contribution in [0.4, 0.5) is 10.8 Å². The van der Waals surface area contributed by atoms with Crippen molar-refractivity contribution < 1.29 is 18.3 Å². The summed E-state index contributed by atoms with van der Waals surface area (Å²) in [6.45, 7) is 0. The zero-order valence-corrected chi connectivity index (χ0v) is 15.3. The first-order chi connectivity index (χ1) is 12.5. The van der Waals surface area contributed by atoms with Crippen LogP contribution < -0.4 is 9.46 Å². The van der Waals surface area contributed by atoms with Gasteiger partial charge in [0.2, 0.25) is 0 Å². The van der Waals surface area contributed by atoms with Gasteiger partial charge in [-0.05, 0) is 36.4 Å². The zero-order valence-electron chi connectivity index (χ0n) is 13.7. The van der Waals surface area contributed by atoms with Gasteiger partial charge in [0, 0.05) is 23.4 Å². The van der Waals surface area contributed by atoms with Gasteiger partial charge in [-0.2, -0.15) is 0 Å². The molecule has 0 spiro atoms. The molecule has 26 heavy (non-hydrogen) atoms. The summed E-state index contributed by atoms with van der Waals surface area (Å²) in [6, 6.07) is 11.1. The molecule has 0 aliphatic rings. The van der Waals surface area contributed by atoms with E-state index < -0.39 is 10.0 Å². The molecule has 3 rings (SSSR count). The minimum atomic E-state index is -3.69. The van der Waals surface area contributed by atoms with Crippen molar-refractivity contribution in [2.45, 2.75) is 4.90 Å². The molecule has 0 saturated carbocycles. The first kappa shape index (κ1) is 17.9. The molecule has 3 aromatic rings. The summed E-state index contributed by atoms with van der Waals surface area (Å²) in [5, 5.41) is 12.0. The molecule has 9 heteroatoms. The van der Waals surface area contributed by atoms with Crippen molar-refractivity contribution in [2.75, 3.05) is 11.8 Å². The van der Waals surface area contributed by atoms with Gasteiger partial charge in [0.1, 0.15) is 0 Å². The summed E-state index contributed by atoms with van der Waals surface area (Å²) in [4.78, 5) is 8.25. The molecule has 2 aromatic carbocycles. The molecule has 0 unspecified atom stereocenters. The lowest BCUT2D eigenvalue weighted by Crippen LogP contribution is -2.12. The van der Waals surface area contributed by atoms with Crippen LogP contribution >= 0.6 is 11.3 Å². The lowest BCUT2D eigenvalue weighted by atomic mass is 10.2. The molecule has 2 N–H and O–H groups in total. The maximum absolute atomic E-state index is 12.3. The fraction of sp³-hybridized carbons (Fsp3) is 0.0588. The van der Waals surface area contributed by atoms with Crippen molar-refractivity contribution in [1.29, 1.82) is 0 Å². The fourth-order valence-electron chi connectivity index (χ4n) is 2.11. The highest BCUT2D eigenvalue weighted by Crippen LogP contribution is 2.28. The highest BCUT2D eigenvalue weighted by molar-refractivity contribution is 7.93. The number of aromatic hydroxyl groups is 1. The number of methoxy groups -OCH3 is 1. The van der Waals surface area contributed by atoms with Crippen LogP contribution in [0.2, 0.25) is 0 Å². The highest BCUT2D eigenvalue weighted by atomic mass is 32.2. The molecule has 1 heterocycles. The van der Waals surface area contributed by atoms with Crippen LogP contribution in [0.5, 0.6) is 11.5 Å². The number of thiazole rings is 1. The van der Waals surface area contributed by atoms with Crippen LogP contribution in [0.15, 0.2) is 63.9 Å². The number of sulfonamides is 1. The van der Waals surface area contributed by atoms with Crippen molar-refractivity contribution in [3.05, 3.63) is 59.6 Å². The maximum Gasteiger partial charge on any atom is 0.263 e. The number of aromatic nitrogens is 1. The van der Waals surface area contributed by atoms with E-state index in [4.69, 9.17) is 4.74 Å². The van der Waals surface area contributed by atoms with Gasteiger partial charge < -0.3 is 9.84 Å². The first-order valence-corrected chi connectivity index (χ1v) is 9.78. The Morgan fingerprint density at radius 2 is 2.00 bits per heavy atom. The molecular formula is C17H15N3O4S2. The number of nitrogens with zero attached hydrogens (tertiary/aromatic N) is 2. The van der Waals surface area contributed by atoms with E-state index in [0.717, 1.165) is 0 Å². The third kappa shape index (κ3) is 4.01. The first-order valence-electron chi connectivity index (χ1n) is 7.42. The Kier molecular flexibility index (Phi) is 5.19. The number of rotatable bonds is 6. The Bertz CT molecular complexity index is 1010. The van der Waals surface area contributed by atoms with Crippen molar-refractivity contribution in [3.8, 4) is 11.5 Å². The summed E-state index contributed by atoms with van der Waals surface area (Å²) < 4.78 is 32.0. The Morgan fingerprint density at radius 3 is 2.65 bits per heavy atom. The number of nitrogens with one attached hydrogen (secondary N) is 1. The predicted molar refractivity (Wildman–Crippen MR) is 101 cm³/mol. The topological polar surface area (TPSA) is 101 Å². The summed E-state index contributed by atoms with van der Waals surface area (Å²) in [5.41, 5.74) is 1.03. The molecule has 0 bridgehead atoms. The molecule has 134 valence electrons. The van der Waals surface area contributed by atoms with E-state index in [0.29, 0.717) is 22.1 Å². The molecule has 0 atom stereocenters. The second-order valence-corrected chi connectivity index (χ2v) is 7.67. The van der Waals surface area contributed by atoms with Crippen LogP contribution in [0, 0.1) is 0 Å². The summed E-state index contributed by atoms with van der Waals surface area (Å²) in [7, 11) is -2.23. The second kappa shape index (κ2) is 7.54. The fourth-order valence-corrected chi connectivity index (χ4v) is 3.90. The van der Waals surface area contributed by atoms with Crippen molar-refractivity contribution in [1.82, 2.24) is 4.98 Å². The van der Waals surface area contributed by atoms with E-state index in [1.807, 2.05) is 0 Å². The Balaban J connectivity index is 1.78. The van der Waals surface area contributed by atoms with Crippen LogP contribution in [-0.2, 0) is 10.0 Å². The van der Waals surface area contributed by atoms with Crippen LogP contribution in [0.25, 0.3) is 0 Å². The normalized spacial score (nSPS) is 11.6. The van der Waals surface area contributed by atoms with E-state index >= 15 is 0 Å². The van der Waals surface area contributed by atoms with Gasteiger partial charge in [-0.3, -0.25) is 9.71 Å². The second-order valence-electron chi connectivity index (χ2n) is 5.09. The van der Waals surface area contributed by atoms with Gasteiger partial charge in [0.15, 0.2) is 16.6 Å². The van der Waals surface area contributed by atoms with Gasteiger partial charge in [-0.15, -0.1) is 11.3 Å². The number of hydrogen-bond donors (Lipinski definition) is 2. The van der Waals surface area contributed by atoms with Gasteiger partial charge in [-0.1, -0.05) is 6.07 Å². The smallest absolute Gasteiger partial charge is 0.263 e. The molecular weight excluding hydrogens is 374 g/mol. The number of benzene rings is 2. The highest BCUT2D eigenvalue weighted by Gasteiger charge is 2.15. The number of anilines is 1. The molecule has 0 saturated heterocycles. The lowest BCUT2D eigenvalue weighted by Gasteiger charge is -2.06. The van der Waals surface area contributed by atoms with Crippen LogP contribution in [-0.4, -0.2) is 31.8 Å². The third-order valence-corrected chi connectivity index (χ3v) is 5.58.